The standard InChI is InChI=1S/C9H15NO4S/c1-9(4-5-9)15(13,14)10-6-2-3-7(10)8(11)12/h7H,2-6H2,1H3,(H,11,12)/t7-/m0/s1. The van der Waals surface area contributed by atoms with E-state index in [2.05, 4.69) is 0 Å². The van der Waals surface area contributed by atoms with Crippen molar-refractivity contribution in [1.82, 2.24) is 4.31 Å². The Kier molecular flexibility index (Phi) is 2.31. The molecule has 1 saturated carbocycles. The highest BCUT2D eigenvalue weighted by atomic mass is 32.2. The third kappa shape index (κ3) is 1.56. The van der Waals surface area contributed by atoms with E-state index in [1.165, 1.54) is 4.31 Å². The monoisotopic (exact) mass is 233 g/mol. The smallest absolute Gasteiger partial charge is 0.322 e. The van der Waals surface area contributed by atoms with Crippen molar-refractivity contribution < 1.29 is 18.3 Å². The highest BCUT2D eigenvalue weighted by Gasteiger charge is 2.55. The van der Waals surface area contributed by atoms with E-state index >= 15 is 0 Å². The third-order valence-corrected chi connectivity index (χ3v) is 6.08. The van der Waals surface area contributed by atoms with E-state index in [0.717, 1.165) is 0 Å². The van der Waals surface area contributed by atoms with Gasteiger partial charge in [0.25, 0.3) is 0 Å². The van der Waals surface area contributed by atoms with Gasteiger partial charge in [0.15, 0.2) is 0 Å². The van der Waals surface area contributed by atoms with E-state index in [9.17, 15) is 13.2 Å². The molecule has 86 valence electrons. The third-order valence-electron chi connectivity index (χ3n) is 3.37. The first kappa shape index (κ1) is 10.9. The first-order valence-electron chi connectivity index (χ1n) is 5.13. The minimum Gasteiger partial charge on any atom is -0.480 e. The maximum atomic E-state index is 12.1. The fourth-order valence-electron chi connectivity index (χ4n) is 1.99. The summed E-state index contributed by atoms with van der Waals surface area (Å²) < 4.78 is 24.7. The molecule has 0 unspecified atom stereocenters. The Labute approximate surface area is 89.1 Å². The molecule has 0 aromatic heterocycles. The summed E-state index contributed by atoms with van der Waals surface area (Å²) in [6.45, 7) is 2.05. The summed E-state index contributed by atoms with van der Waals surface area (Å²) in [6, 6.07) is -0.840. The van der Waals surface area contributed by atoms with Gasteiger partial charge < -0.3 is 5.11 Å². The molecule has 1 heterocycles. The lowest BCUT2D eigenvalue weighted by molar-refractivity contribution is -0.140. The minimum atomic E-state index is -3.41. The quantitative estimate of drug-likeness (QED) is 0.766. The van der Waals surface area contributed by atoms with Crippen molar-refractivity contribution in [2.24, 2.45) is 0 Å². The number of hydrogen-bond acceptors (Lipinski definition) is 3. The molecule has 0 bridgehead atoms. The van der Waals surface area contributed by atoms with E-state index in [-0.39, 0.29) is 0 Å². The van der Waals surface area contributed by atoms with Gasteiger partial charge in [0, 0.05) is 6.54 Å². The van der Waals surface area contributed by atoms with Gasteiger partial charge in [0.1, 0.15) is 6.04 Å². The van der Waals surface area contributed by atoms with E-state index in [1.54, 1.807) is 6.92 Å². The van der Waals surface area contributed by atoms with Crippen molar-refractivity contribution in [2.45, 2.75) is 43.4 Å². The zero-order valence-electron chi connectivity index (χ0n) is 8.64. The molecule has 2 aliphatic rings. The SMILES string of the molecule is CC1(S(=O)(=O)N2CCC[C@H]2C(=O)O)CC1. The highest BCUT2D eigenvalue weighted by Crippen LogP contribution is 2.46. The first-order chi connectivity index (χ1) is 6.88. The maximum absolute atomic E-state index is 12.1. The molecule has 0 spiro atoms. The van der Waals surface area contributed by atoms with Crippen molar-refractivity contribution in [1.29, 1.82) is 0 Å². The van der Waals surface area contributed by atoms with Gasteiger partial charge in [-0.2, -0.15) is 4.31 Å². The molecule has 2 rings (SSSR count). The van der Waals surface area contributed by atoms with E-state index in [4.69, 9.17) is 5.11 Å². The Morgan fingerprint density at radius 3 is 2.53 bits per heavy atom. The summed E-state index contributed by atoms with van der Waals surface area (Å²) in [7, 11) is -3.41. The second-order valence-corrected chi connectivity index (χ2v) is 6.97. The predicted octanol–water partition coefficient (Wildman–Crippen LogP) is 0.418. The summed E-state index contributed by atoms with van der Waals surface area (Å²) in [6.07, 6.45) is 2.38. The average molecular weight is 233 g/mol. The summed E-state index contributed by atoms with van der Waals surface area (Å²) in [5, 5.41) is 8.93. The van der Waals surface area contributed by atoms with Crippen LogP contribution in [-0.4, -0.2) is 41.1 Å². The number of carbonyl (C=O) groups is 1. The van der Waals surface area contributed by atoms with Crippen molar-refractivity contribution in [2.75, 3.05) is 6.54 Å². The van der Waals surface area contributed by atoms with Gasteiger partial charge in [-0.3, -0.25) is 4.79 Å². The molecule has 2 fully saturated rings. The number of rotatable bonds is 3. The number of carboxylic acid groups (broad SMARTS) is 1. The second kappa shape index (κ2) is 3.18. The Balaban J connectivity index is 2.27. The number of aliphatic carboxylic acids is 1. The number of hydrogen-bond donors (Lipinski definition) is 1. The fraction of sp³-hybridized carbons (Fsp3) is 0.889. The van der Waals surface area contributed by atoms with Crippen LogP contribution in [0.15, 0.2) is 0 Å². The van der Waals surface area contributed by atoms with Gasteiger partial charge in [-0.05, 0) is 32.6 Å². The summed E-state index contributed by atoms with van der Waals surface area (Å²) >= 11 is 0. The topological polar surface area (TPSA) is 74.7 Å². The zero-order valence-corrected chi connectivity index (χ0v) is 9.46. The van der Waals surface area contributed by atoms with Gasteiger partial charge >= 0.3 is 5.97 Å². The van der Waals surface area contributed by atoms with Crippen LogP contribution in [0.25, 0.3) is 0 Å². The normalized spacial score (nSPS) is 30.3. The molecule has 1 N–H and O–H groups in total. The number of carboxylic acids is 1. The van der Waals surface area contributed by atoms with Crippen LogP contribution in [0.5, 0.6) is 0 Å². The lowest BCUT2D eigenvalue weighted by Gasteiger charge is -2.24. The Bertz CT molecular complexity index is 385. The Morgan fingerprint density at radius 1 is 1.47 bits per heavy atom. The summed E-state index contributed by atoms with van der Waals surface area (Å²) in [4.78, 5) is 10.9. The lowest BCUT2D eigenvalue weighted by Crippen LogP contribution is -2.45. The Morgan fingerprint density at radius 2 is 2.07 bits per heavy atom. The molecule has 0 aromatic carbocycles. The minimum absolute atomic E-state index is 0.356. The first-order valence-corrected chi connectivity index (χ1v) is 6.57. The molecular weight excluding hydrogens is 218 g/mol. The van der Waals surface area contributed by atoms with E-state index < -0.39 is 26.8 Å². The summed E-state index contributed by atoms with van der Waals surface area (Å²) in [5.74, 6) is -1.03. The van der Waals surface area contributed by atoms with E-state index in [1.807, 2.05) is 0 Å². The van der Waals surface area contributed by atoms with Crippen molar-refractivity contribution in [3.63, 3.8) is 0 Å². The van der Waals surface area contributed by atoms with Crippen LogP contribution in [0.1, 0.15) is 32.6 Å². The van der Waals surface area contributed by atoms with Crippen LogP contribution < -0.4 is 0 Å². The Hall–Kier alpha value is -0.620. The van der Waals surface area contributed by atoms with Crippen LogP contribution >= 0.6 is 0 Å². The van der Waals surface area contributed by atoms with Crippen LogP contribution in [0.3, 0.4) is 0 Å². The van der Waals surface area contributed by atoms with Crippen molar-refractivity contribution in [3.8, 4) is 0 Å². The molecule has 1 saturated heterocycles. The summed E-state index contributed by atoms with van der Waals surface area (Å²) in [5.41, 5.74) is 0. The average Bonchev–Trinajstić information content (AvgIpc) is 2.73. The molecule has 1 aliphatic carbocycles. The fourth-order valence-corrected chi connectivity index (χ4v) is 4.08. The zero-order chi connectivity index (χ0) is 11.3. The largest absolute Gasteiger partial charge is 0.480 e. The molecule has 0 radical (unpaired) electrons. The highest BCUT2D eigenvalue weighted by molar-refractivity contribution is 7.90. The molecule has 1 aliphatic heterocycles. The molecule has 0 amide bonds. The van der Waals surface area contributed by atoms with Crippen LogP contribution in [0, 0.1) is 0 Å². The molecule has 15 heavy (non-hydrogen) atoms. The van der Waals surface area contributed by atoms with E-state index in [0.29, 0.717) is 32.2 Å². The van der Waals surface area contributed by atoms with Gasteiger partial charge in [0.05, 0.1) is 4.75 Å². The van der Waals surface area contributed by atoms with Gasteiger partial charge in [-0.1, -0.05) is 0 Å². The van der Waals surface area contributed by atoms with Crippen LogP contribution in [-0.2, 0) is 14.8 Å². The van der Waals surface area contributed by atoms with Gasteiger partial charge in [0.2, 0.25) is 10.0 Å². The van der Waals surface area contributed by atoms with Crippen LogP contribution in [0.4, 0.5) is 0 Å². The predicted molar refractivity (Wildman–Crippen MR) is 53.9 cm³/mol. The molecule has 6 heteroatoms. The lowest BCUT2D eigenvalue weighted by atomic mass is 10.2. The number of sulfonamides is 1. The number of nitrogens with zero attached hydrogens (tertiary/aromatic N) is 1. The molecule has 0 aromatic rings. The molecule has 1 atom stereocenters. The molecular formula is C9H15NO4S. The van der Waals surface area contributed by atoms with Gasteiger partial charge in [-0.25, -0.2) is 8.42 Å². The maximum Gasteiger partial charge on any atom is 0.322 e. The van der Waals surface area contributed by atoms with Crippen molar-refractivity contribution in [3.05, 3.63) is 0 Å². The molecule has 5 nitrogen and oxygen atoms in total. The van der Waals surface area contributed by atoms with Crippen LogP contribution in [0.2, 0.25) is 0 Å². The second-order valence-electron chi connectivity index (χ2n) is 4.56. The van der Waals surface area contributed by atoms with Gasteiger partial charge in [-0.15, -0.1) is 0 Å². The van der Waals surface area contributed by atoms with Crippen molar-refractivity contribution >= 4 is 16.0 Å².